The fourth-order valence-corrected chi connectivity index (χ4v) is 4.61. The number of anilines is 1. The summed E-state index contributed by atoms with van der Waals surface area (Å²) in [7, 11) is 0. The van der Waals surface area contributed by atoms with Crippen molar-refractivity contribution >= 4 is 17.8 Å². The second-order valence-electron chi connectivity index (χ2n) is 8.44. The summed E-state index contributed by atoms with van der Waals surface area (Å²) < 4.78 is 32.2. The van der Waals surface area contributed by atoms with Crippen LogP contribution in [0, 0.1) is 11.6 Å². The number of nitrogens with one attached hydrogen (secondary N) is 2. The molecular formula is C22H26F2N4O4. The molecule has 0 bridgehead atoms. The molecule has 0 unspecified atom stereocenters. The van der Waals surface area contributed by atoms with Gasteiger partial charge in [0.1, 0.15) is 11.6 Å². The smallest absolute Gasteiger partial charge is 0.407 e. The van der Waals surface area contributed by atoms with Crippen molar-refractivity contribution in [2.75, 3.05) is 18.5 Å². The highest BCUT2D eigenvalue weighted by atomic mass is 19.1. The Kier molecular flexibility index (Phi) is 6.69. The van der Waals surface area contributed by atoms with Crippen LogP contribution in [0.5, 0.6) is 0 Å². The third kappa shape index (κ3) is 5.42. The maximum Gasteiger partial charge on any atom is 0.407 e. The zero-order valence-electron chi connectivity index (χ0n) is 17.5. The van der Waals surface area contributed by atoms with Crippen molar-refractivity contribution < 1.29 is 28.2 Å². The fourth-order valence-electron chi connectivity index (χ4n) is 4.61. The van der Waals surface area contributed by atoms with Gasteiger partial charge in [0, 0.05) is 36.4 Å². The van der Waals surface area contributed by atoms with Crippen molar-refractivity contribution in [3.05, 3.63) is 47.2 Å². The number of rotatable bonds is 7. The number of hydrogen-bond donors (Lipinski definition) is 3. The number of hydrogen-bond acceptors (Lipinski definition) is 4. The molecule has 3 N–H and O–H groups in total. The Labute approximate surface area is 183 Å². The topological polar surface area (TPSA) is 108 Å². The Balaban J connectivity index is 1.33. The molecule has 1 saturated heterocycles. The molecule has 1 aromatic heterocycles. The lowest BCUT2D eigenvalue weighted by Crippen LogP contribution is -2.42. The molecule has 1 aromatic carbocycles. The quantitative estimate of drug-likeness (QED) is 0.599. The van der Waals surface area contributed by atoms with Crippen LogP contribution < -0.4 is 5.32 Å². The Morgan fingerprint density at radius 3 is 2.66 bits per heavy atom. The second-order valence-corrected chi connectivity index (χ2v) is 8.44. The Hall–Kier alpha value is -3.01. The fraction of sp³-hybridized carbons (Fsp3) is 0.500. The predicted molar refractivity (Wildman–Crippen MR) is 111 cm³/mol. The van der Waals surface area contributed by atoms with Gasteiger partial charge in [-0.1, -0.05) is 0 Å². The van der Waals surface area contributed by atoms with E-state index in [1.165, 1.54) is 4.90 Å². The summed E-state index contributed by atoms with van der Waals surface area (Å²) in [5, 5.41) is 19.3. The minimum Gasteiger partial charge on any atom is -0.465 e. The van der Waals surface area contributed by atoms with Crippen molar-refractivity contribution in [1.29, 1.82) is 0 Å². The molecule has 32 heavy (non-hydrogen) atoms. The maximum atomic E-state index is 13.3. The van der Waals surface area contributed by atoms with Crippen molar-refractivity contribution in [3.8, 4) is 0 Å². The van der Waals surface area contributed by atoms with Crippen LogP contribution in [0.15, 0.2) is 24.3 Å². The number of carboxylic acid groups (broad SMARTS) is 1. The average molecular weight is 448 g/mol. The SMILES string of the molecule is O=C(Cc1cc(F)cc(F)c1)Nc1cc([C@@H]2CC[C@H](N(C[C@H]3CCCO3)C(=O)O)C2)[nH]n1. The summed E-state index contributed by atoms with van der Waals surface area (Å²) in [6.45, 7) is 1.07. The summed E-state index contributed by atoms with van der Waals surface area (Å²) in [6, 6.07) is 4.61. The van der Waals surface area contributed by atoms with E-state index in [9.17, 15) is 23.5 Å². The van der Waals surface area contributed by atoms with E-state index >= 15 is 0 Å². The highest BCUT2D eigenvalue weighted by Gasteiger charge is 2.35. The van der Waals surface area contributed by atoms with E-state index in [1.807, 2.05) is 0 Å². The number of aromatic amines is 1. The third-order valence-electron chi connectivity index (χ3n) is 6.11. The first-order chi connectivity index (χ1) is 15.4. The first kappa shape index (κ1) is 22.2. The van der Waals surface area contributed by atoms with Crippen molar-refractivity contribution in [2.24, 2.45) is 0 Å². The Morgan fingerprint density at radius 2 is 1.97 bits per heavy atom. The number of halogens is 2. The van der Waals surface area contributed by atoms with E-state index in [4.69, 9.17) is 4.74 Å². The van der Waals surface area contributed by atoms with E-state index in [2.05, 4.69) is 15.5 Å². The molecule has 8 nitrogen and oxygen atoms in total. The van der Waals surface area contributed by atoms with Gasteiger partial charge in [0.25, 0.3) is 0 Å². The van der Waals surface area contributed by atoms with Crippen molar-refractivity contribution in [2.45, 2.75) is 56.6 Å². The van der Waals surface area contributed by atoms with Crippen LogP contribution in [0.2, 0.25) is 0 Å². The minimum absolute atomic E-state index is 0.0364. The van der Waals surface area contributed by atoms with Gasteiger partial charge in [-0.25, -0.2) is 13.6 Å². The number of amides is 2. The number of benzene rings is 1. The van der Waals surface area contributed by atoms with E-state index in [1.54, 1.807) is 6.07 Å². The number of H-pyrrole nitrogens is 1. The largest absolute Gasteiger partial charge is 0.465 e. The summed E-state index contributed by atoms with van der Waals surface area (Å²) >= 11 is 0. The molecular weight excluding hydrogens is 422 g/mol. The first-order valence-electron chi connectivity index (χ1n) is 10.8. The molecule has 2 amide bonds. The van der Waals surface area contributed by atoms with Gasteiger partial charge in [-0.15, -0.1) is 0 Å². The molecule has 0 radical (unpaired) electrons. The lowest BCUT2D eigenvalue weighted by molar-refractivity contribution is -0.115. The average Bonchev–Trinajstić information content (AvgIpc) is 3.46. The van der Waals surface area contributed by atoms with Crippen LogP contribution in [-0.2, 0) is 16.0 Å². The van der Waals surface area contributed by atoms with Crippen LogP contribution in [-0.4, -0.2) is 57.5 Å². The van der Waals surface area contributed by atoms with Gasteiger partial charge in [0.2, 0.25) is 5.91 Å². The monoisotopic (exact) mass is 448 g/mol. The second kappa shape index (κ2) is 9.64. The third-order valence-corrected chi connectivity index (χ3v) is 6.11. The molecule has 0 spiro atoms. The van der Waals surface area contributed by atoms with Crippen LogP contribution in [0.25, 0.3) is 0 Å². The van der Waals surface area contributed by atoms with Gasteiger partial charge in [0.05, 0.1) is 19.1 Å². The van der Waals surface area contributed by atoms with Crippen LogP contribution in [0.4, 0.5) is 19.4 Å². The van der Waals surface area contributed by atoms with Crippen LogP contribution >= 0.6 is 0 Å². The Morgan fingerprint density at radius 1 is 1.19 bits per heavy atom. The van der Waals surface area contributed by atoms with Gasteiger partial charge in [0.15, 0.2) is 5.82 Å². The highest BCUT2D eigenvalue weighted by molar-refractivity contribution is 5.91. The molecule has 2 heterocycles. The molecule has 1 aliphatic carbocycles. The van der Waals surface area contributed by atoms with Gasteiger partial charge >= 0.3 is 6.09 Å². The van der Waals surface area contributed by atoms with Crippen molar-refractivity contribution in [3.63, 3.8) is 0 Å². The van der Waals surface area contributed by atoms with E-state index in [0.29, 0.717) is 25.4 Å². The van der Waals surface area contributed by atoms with Gasteiger partial charge < -0.3 is 20.1 Å². The first-order valence-corrected chi connectivity index (χ1v) is 10.8. The molecule has 3 atom stereocenters. The highest BCUT2D eigenvalue weighted by Crippen LogP contribution is 2.37. The number of carbonyl (C=O) groups excluding carboxylic acids is 1. The standard InChI is InChI=1S/C22H26F2N4O4/c23-15-6-13(7-16(24)10-15)8-21(29)25-20-11-19(26-27-20)14-3-4-17(9-14)28(22(30)31)12-18-2-1-5-32-18/h6-7,10-11,14,17-18H,1-5,8-9,12H2,(H,30,31)(H2,25,26,27,29)/t14-,17+,18-/m1/s1. The number of carbonyl (C=O) groups is 2. The molecule has 2 aromatic rings. The predicted octanol–water partition coefficient (Wildman–Crippen LogP) is 3.66. The normalized spacial score (nSPS) is 22.8. The van der Waals surface area contributed by atoms with E-state index < -0.39 is 23.6 Å². The van der Waals surface area contributed by atoms with E-state index in [0.717, 1.165) is 49.6 Å². The van der Waals surface area contributed by atoms with Gasteiger partial charge in [-0.3, -0.25) is 9.89 Å². The molecule has 172 valence electrons. The summed E-state index contributed by atoms with van der Waals surface area (Å²) in [6.07, 6.45) is 2.90. The summed E-state index contributed by atoms with van der Waals surface area (Å²) in [4.78, 5) is 25.5. The molecule has 4 rings (SSSR count). The van der Waals surface area contributed by atoms with Crippen LogP contribution in [0.3, 0.4) is 0 Å². The van der Waals surface area contributed by atoms with Gasteiger partial charge in [-0.2, -0.15) is 5.10 Å². The zero-order valence-corrected chi connectivity index (χ0v) is 17.5. The molecule has 2 fully saturated rings. The Bertz CT molecular complexity index is 956. The number of ether oxygens (including phenoxy) is 1. The molecule has 10 heteroatoms. The molecule has 2 aliphatic rings. The summed E-state index contributed by atoms with van der Waals surface area (Å²) in [5.41, 5.74) is 1.05. The van der Waals surface area contributed by atoms with E-state index in [-0.39, 0.29) is 30.0 Å². The van der Waals surface area contributed by atoms with Gasteiger partial charge in [-0.05, 0) is 49.8 Å². The summed E-state index contributed by atoms with van der Waals surface area (Å²) in [5.74, 6) is -1.49. The maximum absolute atomic E-state index is 13.3. The molecule has 1 aliphatic heterocycles. The minimum atomic E-state index is -0.933. The van der Waals surface area contributed by atoms with Crippen molar-refractivity contribution in [1.82, 2.24) is 15.1 Å². The lowest BCUT2D eigenvalue weighted by atomic mass is 10.0. The van der Waals surface area contributed by atoms with Crippen LogP contribution in [0.1, 0.15) is 49.3 Å². The lowest BCUT2D eigenvalue weighted by Gasteiger charge is -2.28. The number of aromatic nitrogens is 2. The zero-order chi connectivity index (χ0) is 22.7. The number of nitrogens with zero attached hydrogens (tertiary/aromatic N) is 2. The molecule has 1 saturated carbocycles.